The Labute approximate surface area is 162 Å². The first-order valence-corrected chi connectivity index (χ1v) is 9.48. The molecule has 0 amide bonds. The average Bonchev–Trinajstić information content (AvgIpc) is 2.68. The van der Waals surface area contributed by atoms with Crippen molar-refractivity contribution in [3.63, 3.8) is 0 Å². The van der Waals surface area contributed by atoms with Gasteiger partial charge in [-0.25, -0.2) is 4.98 Å². The molecule has 0 aliphatic heterocycles. The predicted octanol–water partition coefficient (Wildman–Crippen LogP) is 5.12. The maximum Gasteiger partial charge on any atom is 0.225 e. The summed E-state index contributed by atoms with van der Waals surface area (Å²) in [6.07, 6.45) is 4.54. The summed E-state index contributed by atoms with van der Waals surface area (Å²) < 4.78 is 1.08. The summed E-state index contributed by atoms with van der Waals surface area (Å²) in [4.78, 5) is 13.4. The van der Waals surface area contributed by atoms with Crippen molar-refractivity contribution < 1.29 is 0 Å². The Hall–Kier alpha value is -2.47. The Morgan fingerprint density at radius 2 is 1.85 bits per heavy atom. The Kier molecular flexibility index (Phi) is 6.17. The topological polar surface area (TPSA) is 62.7 Å². The minimum atomic E-state index is 0.304. The quantitative estimate of drug-likeness (QED) is 0.564. The number of hydrogen-bond acceptors (Lipinski definition) is 5. The molecule has 2 N–H and O–H groups in total. The first-order chi connectivity index (χ1) is 12.7. The molecule has 0 fully saturated rings. The molecule has 2 aromatic heterocycles. The predicted molar refractivity (Wildman–Crippen MR) is 110 cm³/mol. The van der Waals surface area contributed by atoms with E-state index in [0.29, 0.717) is 18.5 Å². The molecule has 3 rings (SSSR count). The van der Waals surface area contributed by atoms with Crippen molar-refractivity contribution in [2.45, 2.75) is 32.9 Å². The second-order valence-corrected chi connectivity index (χ2v) is 6.95. The molecule has 0 saturated heterocycles. The van der Waals surface area contributed by atoms with Crippen LogP contribution in [0.25, 0.3) is 11.3 Å². The second kappa shape index (κ2) is 8.76. The van der Waals surface area contributed by atoms with E-state index in [4.69, 9.17) is 0 Å². The fraction of sp³-hybridized carbons (Fsp3) is 0.250. The SMILES string of the molecule is CC[C@@H](C)Nc1nc(NCc2ccccc2Br)cc(-c2ccncc2)n1. The van der Waals surface area contributed by atoms with Crippen LogP contribution in [0, 0.1) is 0 Å². The summed E-state index contributed by atoms with van der Waals surface area (Å²) in [6.45, 7) is 4.93. The number of anilines is 2. The fourth-order valence-electron chi connectivity index (χ4n) is 2.42. The van der Waals surface area contributed by atoms with Gasteiger partial charge in [-0.15, -0.1) is 0 Å². The van der Waals surface area contributed by atoms with E-state index in [0.717, 1.165) is 28.0 Å². The van der Waals surface area contributed by atoms with Crippen LogP contribution in [0.4, 0.5) is 11.8 Å². The molecule has 26 heavy (non-hydrogen) atoms. The molecule has 5 nitrogen and oxygen atoms in total. The van der Waals surface area contributed by atoms with Gasteiger partial charge < -0.3 is 10.6 Å². The lowest BCUT2D eigenvalue weighted by atomic mass is 10.2. The van der Waals surface area contributed by atoms with Crippen molar-refractivity contribution in [1.82, 2.24) is 15.0 Å². The minimum absolute atomic E-state index is 0.304. The number of aromatic nitrogens is 3. The highest BCUT2D eigenvalue weighted by molar-refractivity contribution is 9.10. The molecule has 6 heteroatoms. The van der Waals surface area contributed by atoms with Gasteiger partial charge in [-0.2, -0.15) is 4.98 Å². The standard InChI is InChI=1S/C20H22BrN5/c1-3-14(2)24-20-25-18(15-8-10-22-11-9-15)12-19(26-20)23-13-16-6-4-5-7-17(16)21/h4-12,14H,3,13H2,1-2H3,(H2,23,24,25,26)/t14-/m1/s1. The third-order valence-electron chi connectivity index (χ3n) is 4.11. The van der Waals surface area contributed by atoms with Gasteiger partial charge >= 0.3 is 0 Å². The molecule has 0 spiro atoms. The van der Waals surface area contributed by atoms with Gasteiger partial charge in [-0.3, -0.25) is 4.98 Å². The fourth-order valence-corrected chi connectivity index (χ4v) is 2.85. The van der Waals surface area contributed by atoms with E-state index in [-0.39, 0.29) is 0 Å². The summed E-state index contributed by atoms with van der Waals surface area (Å²) in [5, 5.41) is 6.77. The highest BCUT2D eigenvalue weighted by atomic mass is 79.9. The third kappa shape index (κ3) is 4.79. The minimum Gasteiger partial charge on any atom is -0.366 e. The molecular weight excluding hydrogens is 390 g/mol. The van der Waals surface area contributed by atoms with Crippen LogP contribution in [-0.2, 0) is 6.54 Å². The van der Waals surface area contributed by atoms with Crippen molar-refractivity contribution >= 4 is 27.7 Å². The van der Waals surface area contributed by atoms with Crippen LogP contribution in [0.3, 0.4) is 0 Å². The Balaban J connectivity index is 1.88. The Morgan fingerprint density at radius 1 is 1.08 bits per heavy atom. The van der Waals surface area contributed by atoms with Crippen LogP contribution in [0.1, 0.15) is 25.8 Å². The Morgan fingerprint density at radius 3 is 2.58 bits per heavy atom. The highest BCUT2D eigenvalue weighted by Crippen LogP contribution is 2.23. The molecule has 0 radical (unpaired) electrons. The van der Waals surface area contributed by atoms with E-state index in [1.807, 2.05) is 36.4 Å². The van der Waals surface area contributed by atoms with Gasteiger partial charge in [0.15, 0.2) is 0 Å². The van der Waals surface area contributed by atoms with Crippen LogP contribution in [0.15, 0.2) is 59.3 Å². The molecule has 0 aliphatic rings. The zero-order chi connectivity index (χ0) is 18.4. The van der Waals surface area contributed by atoms with Crippen LogP contribution >= 0.6 is 15.9 Å². The van der Waals surface area contributed by atoms with E-state index < -0.39 is 0 Å². The van der Waals surface area contributed by atoms with E-state index in [1.54, 1.807) is 12.4 Å². The van der Waals surface area contributed by atoms with E-state index in [2.05, 4.69) is 61.4 Å². The number of rotatable bonds is 7. The van der Waals surface area contributed by atoms with Gasteiger partial charge in [-0.1, -0.05) is 41.1 Å². The van der Waals surface area contributed by atoms with Crippen molar-refractivity contribution in [2.24, 2.45) is 0 Å². The first kappa shape index (κ1) is 18.3. The van der Waals surface area contributed by atoms with Gasteiger partial charge in [0.1, 0.15) is 5.82 Å². The van der Waals surface area contributed by atoms with Crippen molar-refractivity contribution in [2.75, 3.05) is 10.6 Å². The molecule has 0 aliphatic carbocycles. The molecule has 0 bridgehead atoms. The van der Waals surface area contributed by atoms with E-state index in [1.165, 1.54) is 5.56 Å². The summed E-state index contributed by atoms with van der Waals surface area (Å²) in [5.41, 5.74) is 3.05. The molecule has 134 valence electrons. The van der Waals surface area contributed by atoms with Gasteiger partial charge in [0.25, 0.3) is 0 Å². The van der Waals surface area contributed by atoms with Crippen LogP contribution in [-0.4, -0.2) is 21.0 Å². The van der Waals surface area contributed by atoms with Gasteiger partial charge in [0, 0.05) is 41.1 Å². The number of hydrogen-bond donors (Lipinski definition) is 2. The van der Waals surface area contributed by atoms with E-state index >= 15 is 0 Å². The summed E-state index contributed by atoms with van der Waals surface area (Å²) >= 11 is 3.59. The second-order valence-electron chi connectivity index (χ2n) is 6.10. The van der Waals surface area contributed by atoms with Crippen molar-refractivity contribution in [3.8, 4) is 11.3 Å². The van der Waals surface area contributed by atoms with Crippen LogP contribution in [0.5, 0.6) is 0 Å². The van der Waals surface area contributed by atoms with Crippen LogP contribution in [0.2, 0.25) is 0 Å². The molecule has 2 heterocycles. The number of nitrogens with zero attached hydrogens (tertiary/aromatic N) is 3. The first-order valence-electron chi connectivity index (χ1n) is 8.69. The number of halogens is 1. The lowest BCUT2D eigenvalue weighted by Crippen LogP contribution is -2.16. The monoisotopic (exact) mass is 411 g/mol. The lowest BCUT2D eigenvalue weighted by molar-refractivity contribution is 0.753. The summed E-state index contributed by atoms with van der Waals surface area (Å²) in [5.74, 6) is 1.41. The summed E-state index contributed by atoms with van der Waals surface area (Å²) in [6, 6.07) is 14.3. The van der Waals surface area contributed by atoms with Gasteiger partial charge in [-0.05, 0) is 37.1 Å². The zero-order valence-corrected chi connectivity index (χ0v) is 16.5. The number of benzene rings is 1. The molecule has 3 aromatic rings. The van der Waals surface area contributed by atoms with Crippen molar-refractivity contribution in [1.29, 1.82) is 0 Å². The van der Waals surface area contributed by atoms with Crippen molar-refractivity contribution in [3.05, 3.63) is 64.9 Å². The number of nitrogens with one attached hydrogen (secondary N) is 2. The Bertz CT molecular complexity index is 854. The lowest BCUT2D eigenvalue weighted by Gasteiger charge is -2.15. The average molecular weight is 412 g/mol. The summed E-state index contributed by atoms with van der Waals surface area (Å²) in [7, 11) is 0. The highest BCUT2D eigenvalue weighted by Gasteiger charge is 2.09. The molecule has 0 unspecified atom stereocenters. The van der Waals surface area contributed by atoms with Crippen LogP contribution < -0.4 is 10.6 Å². The smallest absolute Gasteiger partial charge is 0.225 e. The van der Waals surface area contributed by atoms with Gasteiger partial charge in [0.2, 0.25) is 5.95 Å². The molecule has 1 atom stereocenters. The zero-order valence-electron chi connectivity index (χ0n) is 14.9. The number of pyridine rings is 1. The maximum atomic E-state index is 4.66. The largest absolute Gasteiger partial charge is 0.366 e. The molecule has 1 aromatic carbocycles. The third-order valence-corrected chi connectivity index (χ3v) is 4.88. The normalized spacial score (nSPS) is 11.8. The maximum absolute atomic E-state index is 4.66. The molecule has 0 saturated carbocycles. The van der Waals surface area contributed by atoms with E-state index in [9.17, 15) is 0 Å². The molecular formula is C20H22BrN5. The van der Waals surface area contributed by atoms with Gasteiger partial charge in [0.05, 0.1) is 5.69 Å².